The van der Waals surface area contributed by atoms with Crippen molar-refractivity contribution in [2.24, 2.45) is 5.92 Å². The van der Waals surface area contributed by atoms with Crippen LogP contribution in [0.3, 0.4) is 0 Å². The molecule has 0 aromatic rings. The molecule has 1 aliphatic heterocycles. The zero-order valence-electron chi connectivity index (χ0n) is 9.51. The predicted octanol–water partition coefficient (Wildman–Crippen LogP) is 3.06. The monoisotopic (exact) mass is 191 g/mol. The highest BCUT2D eigenvalue weighted by Gasteiger charge is 2.19. The third kappa shape index (κ3) is 2.58. The maximum Gasteiger partial charge on any atom is 0.0210 e. The molecule has 1 nitrogen and oxygen atoms in total. The van der Waals surface area contributed by atoms with Gasteiger partial charge in [-0.05, 0) is 30.4 Å². The average Bonchev–Trinajstić information content (AvgIpc) is 2.18. The molecule has 1 heteroatoms. The number of hydrogen-bond acceptors (Lipinski definition) is 1. The van der Waals surface area contributed by atoms with Crippen molar-refractivity contribution in [2.75, 3.05) is 6.54 Å². The van der Waals surface area contributed by atoms with Crippen molar-refractivity contribution in [3.63, 3.8) is 0 Å². The van der Waals surface area contributed by atoms with E-state index in [4.69, 9.17) is 0 Å². The van der Waals surface area contributed by atoms with Crippen molar-refractivity contribution in [3.8, 4) is 0 Å². The lowest BCUT2D eigenvalue weighted by atomic mass is 9.89. The second-order valence-corrected chi connectivity index (χ2v) is 4.19. The second kappa shape index (κ2) is 5.16. The van der Waals surface area contributed by atoms with Crippen molar-refractivity contribution in [1.82, 2.24) is 5.32 Å². The largest absolute Gasteiger partial charge is 0.309 e. The molecule has 0 fully saturated rings. The first-order valence-electron chi connectivity index (χ1n) is 5.39. The van der Waals surface area contributed by atoms with E-state index in [2.05, 4.69) is 44.8 Å². The van der Waals surface area contributed by atoms with Gasteiger partial charge in [0.2, 0.25) is 0 Å². The van der Waals surface area contributed by atoms with E-state index in [9.17, 15) is 0 Å². The van der Waals surface area contributed by atoms with Crippen molar-refractivity contribution >= 4 is 0 Å². The smallest absolute Gasteiger partial charge is 0.0210 e. The van der Waals surface area contributed by atoms with Gasteiger partial charge in [0.1, 0.15) is 0 Å². The summed E-state index contributed by atoms with van der Waals surface area (Å²) < 4.78 is 0. The van der Waals surface area contributed by atoms with Crippen LogP contribution in [-0.4, -0.2) is 12.6 Å². The van der Waals surface area contributed by atoms with E-state index >= 15 is 0 Å². The van der Waals surface area contributed by atoms with Crippen LogP contribution in [0, 0.1) is 5.92 Å². The van der Waals surface area contributed by atoms with Gasteiger partial charge in [-0.2, -0.15) is 0 Å². The summed E-state index contributed by atoms with van der Waals surface area (Å²) in [4.78, 5) is 0. The molecule has 1 heterocycles. The quantitative estimate of drug-likeness (QED) is 0.723. The molecular weight excluding hydrogens is 170 g/mol. The molecule has 0 amide bonds. The molecule has 0 saturated heterocycles. The molecular formula is C13H21N. The van der Waals surface area contributed by atoms with Gasteiger partial charge in [-0.3, -0.25) is 0 Å². The lowest BCUT2D eigenvalue weighted by molar-refractivity contribution is 0.397. The summed E-state index contributed by atoms with van der Waals surface area (Å²) in [7, 11) is 0. The van der Waals surface area contributed by atoms with Gasteiger partial charge in [0, 0.05) is 12.6 Å². The van der Waals surface area contributed by atoms with Crippen LogP contribution in [0.25, 0.3) is 0 Å². The molecule has 0 saturated carbocycles. The Bertz CT molecular complexity index is 258. The number of allylic oxidation sites excluding steroid dienone is 2. The summed E-state index contributed by atoms with van der Waals surface area (Å²) in [5.74, 6) is 0.696. The van der Waals surface area contributed by atoms with Gasteiger partial charge < -0.3 is 5.32 Å². The highest BCUT2D eigenvalue weighted by molar-refractivity contribution is 5.36. The minimum Gasteiger partial charge on any atom is -0.309 e. The minimum absolute atomic E-state index is 0.616. The Balaban J connectivity index is 2.81. The SMILES string of the molecule is C=CC1=C(/C=C\C)C[C@H](C(C)C)NC1. The first-order valence-corrected chi connectivity index (χ1v) is 5.39. The standard InChI is InChI=1S/C13H21N/c1-5-7-12-8-13(10(3)4)14-9-11(12)6-2/h5-7,10,13-14H,2,8-9H2,1,3-4H3/b7-5-/t13-/m1/s1. The van der Waals surface area contributed by atoms with Gasteiger partial charge in [0.15, 0.2) is 0 Å². The third-order valence-corrected chi connectivity index (χ3v) is 2.83. The molecule has 1 aliphatic rings. The van der Waals surface area contributed by atoms with Crippen LogP contribution in [0.15, 0.2) is 36.0 Å². The Kier molecular flexibility index (Phi) is 4.15. The van der Waals surface area contributed by atoms with Crippen LogP contribution < -0.4 is 5.32 Å². The van der Waals surface area contributed by atoms with Crippen molar-refractivity contribution in [1.29, 1.82) is 0 Å². The Morgan fingerprint density at radius 1 is 1.43 bits per heavy atom. The van der Waals surface area contributed by atoms with Gasteiger partial charge in [-0.15, -0.1) is 0 Å². The molecule has 0 aromatic heterocycles. The molecule has 1 atom stereocenters. The molecule has 0 aliphatic carbocycles. The summed E-state index contributed by atoms with van der Waals surface area (Å²) in [6.07, 6.45) is 7.43. The lowest BCUT2D eigenvalue weighted by Gasteiger charge is -2.29. The molecule has 0 unspecified atom stereocenters. The van der Waals surface area contributed by atoms with E-state index in [1.807, 2.05) is 6.08 Å². The maximum atomic E-state index is 3.85. The second-order valence-electron chi connectivity index (χ2n) is 4.19. The van der Waals surface area contributed by atoms with E-state index in [0.29, 0.717) is 12.0 Å². The molecule has 0 aromatic carbocycles. The molecule has 0 bridgehead atoms. The van der Waals surface area contributed by atoms with Crippen LogP contribution in [0.4, 0.5) is 0 Å². The molecule has 1 N–H and O–H groups in total. The first-order chi connectivity index (χ1) is 6.69. The Labute approximate surface area is 87.6 Å². The molecule has 14 heavy (non-hydrogen) atoms. The molecule has 0 radical (unpaired) electrons. The van der Waals surface area contributed by atoms with Gasteiger partial charge in [0.05, 0.1) is 0 Å². The van der Waals surface area contributed by atoms with Gasteiger partial charge >= 0.3 is 0 Å². The van der Waals surface area contributed by atoms with Gasteiger partial charge in [0.25, 0.3) is 0 Å². The lowest BCUT2D eigenvalue weighted by Crippen LogP contribution is -2.38. The predicted molar refractivity (Wildman–Crippen MR) is 63.3 cm³/mol. The number of nitrogens with one attached hydrogen (secondary N) is 1. The average molecular weight is 191 g/mol. The summed E-state index contributed by atoms with van der Waals surface area (Å²) >= 11 is 0. The Hall–Kier alpha value is -0.820. The van der Waals surface area contributed by atoms with Crippen LogP contribution in [0.1, 0.15) is 27.2 Å². The van der Waals surface area contributed by atoms with E-state index in [1.54, 1.807) is 0 Å². The normalized spacial score (nSPS) is 23.6. The van der Waals surface area contributed by atoms with Crippen molar-refractivity contribution in [2.45, 2.75) is 33.2 Å². The fourth-order valence-corrected chi connectivity index (χ4v) is 1.85. The summed E-state index contributed by atoms with van der Waals surface area (Å²) in [6, 6.07) is 0.616. The summed E-state index contributed by atoms with van der Waals surface area (Å²) in [5, 5.41) is 3.54. The fourth-order valence-electron chi connectivity index (χ4n) is 1.85. The first kappa shape index (κ1) is 11.3. The van der Waals surface area contributed by atoms with Crippen LogP contribution in [-0.2, 0) is 0 Å². The zero-order chi connectivity index (χ0) is 10.6. The third-order valence-electron chi connectivity index (χ3n) is 2.83. The summed E-state index contributed by atoms with van der Waals surface area (Å²) in [5.41, 5.74) is 2.79. The topological polar surface area (TPSA) is 12.0 Å². The van der Waals surface area contributed by atoms with E-state index in [1.165, 1.54) is 11.1 Å². The maximum absolute atomic E-state index is 3.85. The Morgan fingerprint density at radius 3 is 2.64 bits per heavy atom. The number of rotatable bonds is 3. The van der Waals surface area contributed by atoms with E-state index in [-0.39, 0.29) is 0 Å². The summed E-state index contributed by atoms with van der Waals surface area (Å²) in [6.45, 7) is 11.4. The van der Waals surface area contributed by atoms with Crippen LogP contribution in [0.5, 0.6) is 0 Å². The minimum atomic E-state index is 0.616. The molecule has 1 rings (SSSR count). The molecule has 0 spiro atoms. The van der Waals surface area contributed by atoms with Crippen molar-refractivity contribution < 1.29 is 0 Å². The highest BCUT2D eigenvalue weighted by atomic mass is 14.9. The van der Waals surface area contributed by atoms with Crippen LogP contribution >= 0.6 is 0 Å². The highest BCUT2D eigenvalue weighted by Crippen LogP contribution is 2.22. The van der Waals surface area contributed by atoms with E-state index in [0.717, 1.165) is 13.0 Å². The Morgan fingerprint density at radius 2 is 2.14 bits per heavy atom. The molecule has 78 valence electrons. The van der Waals surface area contributed by atoms with Crippen LogP contribution in [0.2, 0.25) is 0 Å². The van der Waals surface area contributed by atoms with E-state index < -0.39 is 0 Å². The fraction of sp³-hybridized carbons (Fsp3) is 0.538. The van der Waals surface area contributed by atoms with Crippen molar-refractivity contribution in [3.05, 3.63) is 36.0 Å². The number of hydrogen-bond donors (Lipinski definition) is 1. The van der Waals surface area contributed by atoms with Gasteiger partial charge in [-0.25, -0.2) is 0 Å². The zero-order valence-corrected chi connectivity index (χ0v) is 9.51. The van der Waals surface area contributed by atoms with Gasteiger partial charge in [-0.1, -0.05) is 38.7 Å².